The molecule has 0 bridgehead atoms. The van der Waals surface area contributed by atoms with E-state index in [0.29, 0.717) is 10.7 Å². The summed E-state index contributed by atoms with van der Waals surface area (Å²) in [4.78, 5) is 18.6. The van der Waals surface area contributed by atoms with E-state index in [0.717, 1.165) is 17.9 Å². The molecule has 2 amide bonds. The first-order valence-electron chi connectivity index (χ1n) is 3.35. The second kappa shape index (κ2) is 5.54. The maximum absolute atomic E-state index is 11.0. The van der Waals surface area contributed by atoms with E-state index < -0.39 is 6.03 Å². The number of carbonyl (C=O) groups is 1. The molecule has 0 saturated heterocycles. The Kier molecular flexibility index (Phi) is 5.44. The van der Waals surface area contributed by atoms with Gasteiger partial charge in [0.1, 0.15) is 10.7 Å². The molecular weight excluding hydrogens is 488 g/mol. The molecule has 0 spiro atoms. The summed E-state index contributed by atoms with van der Waals surface area (Å²) in [6.45, 7) is 0. The summed E-state index contributed by atoms with van der Waals surface area (Å²) in [7, 11) is 0. The second-order valence-corrected chi connectivity index (χ2v) is 5.63. The van der Waals surface area contributed by atoms with Gasteiger partial charge < -0.3 is 0 Å². The predicted octanol–water partition coefficient (Wildman–Crippen LogP) is 2.73. The maximum atomic E-state index is 11.0. The van der Waals surface area contributed by atoms with Gasteiger partial charge in [0.05, 0.1) is 8.95 Å². The number of hydrogen-bond acceptors (Lipinski definition) is 1. The number of nitrogens with zero attached hydrogens (tertiary/aromatic N) is 2. The van der Waals surface area contributed by atoms with Crippen LogP contribution in [0.4, 0.5) is 4.79 Å². The zero-order valence-electron chi connectivity index (χ0n) is 7.02. The van der Waals surface area contributed by atoms with Crippen LogP contribution >= 0.6 is 63.7 Å². The molecule has 0 atom stereocenters. The summed E-state index contributed by atoms with van der Waals surface area (Å²) in [6, 6.07) is -0.480. The number of amides is 2. The molecule has 15 heavy (non-hydrogen) atoms. The summed E-state index contributed by atoms with van der Waals surface area (Å²) in [5.41, 5.74) is 0. The SMILES string of the molecule is O=C1N=c2c(Br)c(Br)c(Br)c(Br)c2=N1.[Ca]. The number of halogens is 4. The maximum Gasteiger partial charge on any atom is 0.368 e. The molecule has 2 rings (SSSR count). The molecule has 0 fully saturated rings. The summed E-state index contributed by atoms with van der Waals surface area (Å²) < 4.78 is 3.04. The van der Waals surface area contributed by atoms with Crippen molar-refractivity contribution in [3.05, 3.63) is 28.6 Å². The molecule has 2 radical (unpaired) electrons. The number of carbonyl (C=O) groups excluding carboxylic acids is 1. The van der Waals surface area contributed by atoms with Crippen molar-refractivity contribution < 1.29 is 4.79 Å². The molecular formula is C7Br4CaN2O. The first-order valence-corrected chi connectivity index (χ1v) is 6.53. The molecule has 0 unspecified atom stereocenters. The van der Waals surface area contributed by atoms with Crippen molar-refractivity contribution in [3.8, 4) is 0 Å². The van der Waals surface area contributed by atoms with Crippen LogP contribution in [0.1, 0.15) is 0 Å². The number of benzene rings is 1. The molecule has 1 aliphatic heterocycles. The number of hydrogen-bond donors (Lipinski definition) is 0. The number of fused-ring (bicyclic) bond motifs is 1. The van der Waals surface area contributed by atoms with Gasteiger partial charge in [-0.25, -0.2) is 4.79 Å². The average Bonchev–Trinajstić information content (AvgIpc) is 2.54. The first-order chi connectivity index (χ1) is 6.52. The summed E-state index contributed by atoms with van der Waals surface area (Å²) in [5, 5.41) is 1.11. The van der Waals surface area contributed by atoms with Crippen LogP contribution in [0, 0.1) is 0 Å². The average molecular weight is 488 g/mol. The Morgan fingerprint density at radius 1 is 0.733 bits per heavy atom. The molecule has 0 N–H and O–H groups in total. The third-order valence-corrected chi connectivity index (χ3v) is 6.36. The topological polar surface area (TPSA) is 41.8 Å². The van der Waals surface area contributed by atoms with Crippen molar-refractivity contribution in [1.82, 2.24) is 0 Å². The van der Waals surface area contributed by atoms with E-state index >= 15 is 0 Å². The van der Waals surface area contributed by atoms with Crippen molar-refractivity contribution in [1.29, 1.82) is 0 Å². The smallest absolute Gasteiger partial charge is 0.244 e. The van der Waals surface area contributed by atoms with Gasteiger partial charge in [0.2, 0.25) is 0 Å². The zero-order valence-corrected chi connectivity index (χ0v) is 15.6. The van der Waals surface area contributed by atoms with Crippen molar-refractivity contribution >= 4 is 107 Å². The van der Waals surface area contributed by atoms with Gasteiger partial charge >= 0.3 is 6.03 Å². The molecule has 1 aromatic rings. The molecule has 0 aromatic heterocycles. The van der Waals surface area contributed by atoms with E-state index in [4.69, 9.17) is 0 Å². The molecule has 1 aromatic carbocycles. The monoisotopic (exact) mass is 484 g/mol. The van der Waals surface area contributed by atoms with Crippen molar-refractivity contribution in [2.45, 2.75) is 0 Å². The van der Waals surface area contributed by atoms with Crippen molar-refractivity contribution in [2.24, 2.45) is 9.98 Å². The third-order valence-electron chi connectivity index (χ3n) is 1.63. The summed E-state index contributed by atoms with van der Waals surface area (Å²) in [5.74, 6) is 0. The van der Waals surface area contributed by atoms with E-state index in [9.17, 15) is 4.79 Å². The van der Waals surface area contributed by atoms with E-state index in [2.05, 4.69) is 73.7 Å². The Labute approximate surface area is 148 Å². The fraction of sp³-hybridized carbons (Fsp3) is 0. The van der Waals surface area contributed by atoms with E-state index in [1.165, 1.54) is 0 Å². The van der Waals surface area contributed by atoms with E-state index in [1.807, 2.05) is 0 Å². The Hall–Kier alpha value is 1.67. The molecule has 0 saturated carbocycles. The molecule has 0 aliphatic carbocycles. The normalized spacial score (nSPS) is 12.7. The van der Waals surface area contributed by atoms with Crippen LogP contribution in [0.5, 0.6) is 0 Å². The molecule has 1 heterocycles. The quantitative estimate of drug-likeness (QED) is 0.315. The molecule has 1 aliphatic rings. The first kappa shape index (κ1) is 14.7. The standard InChI is InChI=1S/C7Br4N2O.Ca/c8-1-2(9)4(11)6-5(3(1)10)12-7(14)13-6;. The van der Waals surface area contributed by atoms with Gasteiger partial charge in [0.15, 0.2) is 0 Å². The van der Waals surface area contributed by atoms with Gasteiger partial charge in [-0.2, -0.15) is 9.98 Å². The number of rotatable bonds is 0. The largest absolute Gasteiger partial charge is 0.368 e. The van der Waals surface area contributed by atoms with E-state index in [-0.39, 0.29) is 37.7 Å². The summed E-state index contributed by atoms with van der Waals surface area (Å²) in [6.07, 6.45) is 0. The van der Waals surface area contributed by atoms with Gasteiger partial charge in [0, 0.05) is 46.7 Å². The minimum absolute atomic E-state index is 0. The molecule has 8 heteroatoms. The van der Waals surface area contributed by atoms with Gasteiger partial charge in [-0.05, 0) is 63.7 Å². The van der Waals surface area contributed by atoms with Crippen LogP contribution in [0.2, 0.25) is 0 Å². The zero-order chi connectivity index (χ0) is 10.5. The fourth-order valence-corrected chi connectivity index (χ4v) is 3.28. The Morgan fingerprint density at radius 2 is 1.07 bits per heavy atom. The van der Waals surface area contributed by atoms with E-state index in [1.54, 1.807) is 0 Å². The summed E-state index contributed by atoms with van der Waals surface area (Å²) >= 11 is 13.4. The fourth-order valence-electron chi connectivity index (χ4n) is 1.03. The van der Waals surface area contributed by atoms with Gasteiger partial charge in [-0.3, -0.25) is 0 Å². The predicted molar refractivity (Wildman–Crippen MR) is 70.7 cm³/mol. The van der Waals surface area contributed by atoms with Crippen molar-refractivity contribution in [2.75, 3.05) is 0 Å². The van der Waals surface area contributed by atoms with Gasteiger partial charge in [-0.1, -0.05) is 0 Å². The minimum Gasteiger partial charge on any atom is -0.244 e. The minimum atomic E-state index is -0.480. The van der Waals surface area contributed by atoms with Crippen LogP contribution in [0.15, 0.2) is 27.9 Å². The third kappa shape index (κ3) is 2.58. The van der Waals surface area contributed by atoms with Crippen LogP contribution < -0.4 is 10.7 Å². The van der Waals surface area contributed by atoms with Crippen LogP contribution in [-0.2, 0) is 0 Å². The second-order valence-electron chi connectivity index (χ2n) is 2.46. The van der Waals surface area contributed by atoms with Crippen LogP contribution in [0.3, 0.4) is 0 Å². The Bertz CT molecular complexity index is 523. The molecule has 3 nitrogen and oxygen atoms in total. The van der Waals surface area contributed by atoms with Gasteiger partial charge in [0.25, 0.3) is 0 Å². The number of urea groups is 1. The van der Waals surface area contributed by atoms with Gasteiger partial charge in [-0.15, -0.1) is 0 Å². The Morgan fingerprint density at radius 3 is 1.40 bits per heavy atom. The van der Waals surface area contributed by atoms with Crippen LogP contribution in [0.25, 0.3) is 0 Å². The van der Waals surface area contributed by atoms with Crippen molar-refractivity contribution in [3.63, 3.8) is 0 Å². The van der Waals surface area contributed by atoms with Crippen LogP contribution in [-0.4, -0.2) is 43.8 Å². The molecule has 74 valence electrons. The Balaban J connectivity index is 0.00000112.